The molecule has 1 unspecified atom stereocenters. The van der Waals surface area contributed by atoms with Gasteiger partial charge in [-0.25, -0.2) is 15.0 Å². The smallest absolute Gasteiger partial charge is 0.388 e. The molecule has 176 valence electrons. The zero-order valence-electron chi connectivity index (χ0n) is 18.3. The maximum atomic E-state index is 12.9. The zero-order valence-corrected chi connectivity index (χ0v) is 19.9. The van der Waals surface area contributed by atoms with Crippen molar-refractivity contribution < 1.29 is 18.3 Å². The summed E-state index contributed by atoms with van der Waals surface area (Å²) in [6.07, 6.45) is -0.00685. The van der Waals surface area contributed by atoms with Crippen molar-refractivity contribution in [2.75, 3.05) is 11.6 Å². The summed E-state index contributed by atoms with van der Waals surface area (Å²) >= 11 is 3.11. The van der Waals surface area contributed by atoms with E-state index in [-0.39, 0.29) is 5.95 Å². The highest BCUT2D eigenvalue weighted by atomic mass is 32.2. The molecule has 0 fully saturated rings. The van der Waals surface area contributed by atoms with Crippen molar-refractivity contribution in [3.8, 4) is 10.4 Å². The van der Waals surface area contributed by atoms with E-state index >= 15 is 0 Å². The Labute approximate surface area is 203 Å². The first-order chi connectivity index (χ1) is 16.2. The maximum Gasteiger partial charge on any atom is 0.433 e. The summed E-state index contributed by atoms with van der Waals surface area (Å²) in [4.78, 5) is 13.9. The Morgan fingerprint density at radius 1 is 1.09 bits per heavy atom. The molecule has 0 radical (unpaired) electrons. The van der Waals surface area contributed by atoms with Crippen LogP contribution in [0.3, 0.4) is 0 Å². The molecule has 0 aliphatic rings. The van der Waals surface area contributed by atoms with E-state index in [0.29, 0.717) is 12.1 Å². The van der Waals surface area contributed by atoms with E-state index in [9.17, 15) is 18.3 Å². The molecular weight excluding hydrogens is 481 g/mol. The van der Waals surface area contributed by atoms with Crippen LogP contribution in [0, 0.1) is 6.92 Å². The van der Waals surface area contributed by atoms with Gasteiger partial charge >= 0.3 is 6.18 Å². The van der Waals surface area contributed by atoms with Gasteiger partial charge in [0.1, 0.15) is 5.69 Å². The highest BCUT2D eigenvalue weighted by molar-refractivity contribution is 7.98. The van der Waals surface area contributed by atoms with Crippen LogP contribution >= 0.6 is 23.1 Å². The number of thiazole rings is 1. The number of anilines is 2. The fraction of sp³-hybridized carbons (Fsp3) is 0.208. The summed E-state index contributed by atoms with van der Waals surface area (Å²) in [5.74, 6) is -0.132. The number of aryl methyl sites for hydroxylation is 1. The lowest BCUT2D eigenvalue weighted by atomic mass is 10.1. The van der Waals surface area contributed by atoms with Crippen molar-refractivity contribution in [3.63, 3.8) is 0 Å². The highest BCUT2D eigenvalue weighted by Gasteiger charge is 2.32. The van der Waals surface area contributed by atoms with Gasteiger partial charge in [-0.1, -0.05) is 18.2 Å². The Kier molecular flexibility index (Phi) is 7.20. The number of aliphatic hydroxyl groups excluding tert-OH is 1. The van der Waals surface area contributed by atoms with Gasteiger partial charge in [0.15, 0.2) is 0 Å². The van der Waals surface area contributed by atoms with Gasteiger partial charge in [0, 0.05) is 29.4 Å². The summed E-state index contributed by atoms with van der Waals surface area (Å²) in [6.45, 7) is 1.89. The largest absolute Gasteiger partial charge is 0.433 e. The minimum absolute atomic E-state index is 0.132. The molecule has 10 heteroatoms. The van der Waals surface area contributed by atoms with Gasteiger partial charge in [-0.05, 0) is 60.2 Å². The number of aromatic nitrogens is 3. The van der Waals surface area contributed by atoms with Gasteiger partial charge in [0.25, 0.3) is 0 Å². The molecule has 4 aromatic rings. The molecule has 2 heterocycles. The van der Waals surface area contributed by atoms with E-state index in [4.69, 9.17) is 0 Å². The number of nitrogens with one attached hydrogen (secondary N) is 1. The molecule has 2 aromatic heterocycles. The van der Waals surface area contributed by atoms with Crippen molar-refractivity contribution >= 4 is 34.7 Å². The van der Waals surface area contributed by atoms with E-state index in [0.717, 1.165) is 43.7 Å². The molecule has 2 aromatic carbocycles. The molecule has 34 heavy (non-hydrogen) atoms. The SMILES string of the molecule is CSc1ccc(C(O)Cc2ncc(-c3cc(C)cc(Nc4nccc(C(F)(F)F)n4)c3)s2)cc1. The fourth-order valence-electron chi connectivity index (χ4n) is 3.35. The predicted molar refractivity (Wildman–Crippen MR) is 129 cm³/mol. The van der Waals surface area contributed by atoms with Crippen molar-refractivity contribution in [3.05, 3.63) is 82.8 Å². The number of hydrogen-bond donors (Lipinski definition) is 2. The van der Waals surface area contributed by atoms with Gasteiger partial charge in [-0.2, -0.15) is 13.2 Å². The van der Waals surface area contributed by atoms with Crippen LogP contribution in [0.15, 0.2) is 65.8 Å². The molecule has 0 saturated heterocycles. The van der Waals surface area contributed by atoms with Crippen LogP contribution in [0.2, 0.25) is 0 Å². The highest BCUT2D eigenvalue weighted by Crippen LogP contribution is 2.33. The molecular formula is C24H21F3N4OS2. The molecule has 4 rings (SSSR count). The summed E-state index contributed by atoms with van der Waals surface area (Å²) in [5, 5.41) is 14.2. The Balaban J connectivity index is 1.51. The van der Waals surface area contributed by atoms with Gasteiger partial charge < -0.3 is 10.4 Å². The van der Waals surface area contributed by atoms with Crippen molar-refractivity contribution in [1.82, 2.24) is 15.0 Å². The Morgan fingerprint density at radius 2 is 1.85 bits per heavy atom. The van der Waals surface area contributed by atoms with Crippen LogP contribution in [0.5, 0.6) is 0 Å². The molecule has 5 nitrogen and oxygen atoms in total. The van der Waals surface area contributed by atoms with Crippen molar-refractivity contribution in [2.24, 2.45) is 0 Å². The zero-order chi connectivity index (χ0) is 24.3. The third-order valence-electron chi connectivity index (χ3n) is 4.99. The van der Waals surface area contributed by atoms with Crippen LogP contribution in [0.4, 0.5) is 24.8 Å². The minimum atomic E-state index is -4.54. The topological polar surface area (TPSA) is 70.9 Å². The molecule has 2 N–H and O–H groups in total. The van der Waals surface area contributed by atoms with E-state index < -0.39 is 18.0 Å². The maximum absolute atomic E-state index is 12.9. The molecule has 1 atom stereocenters. The second-order valence-electron chi connectivity index (χ2n) is 7.59. The van der Waals surface area contributed by atoms with Gasteiger partial charge in [0.05, 0.1) is 16.0 Å². The normalized spacial score (nSPS) is 12.5. The van der Waals surface area contributed by atoms with Gasteiger partial charge in [-0.15, -0.1) is 23.1 Å². The number of thioether (sulfide) groups is 1. The Bertz CT molecular complexity index is 1280. The summed E-state index contributed by atoms with van der Waals surface area (Å²) < 4.78 is 38.8. The van der Waals surface area contributed by atoms with Gasteiger partial charge in [-0.3, -0.25) is 0 Å². The third-order valence-corrected chi connectivity index (χ3v) is 6.80. The number of aliphatic hydroxyl groups is 1. The van der Waals surface area contributed by atoms with E-state index in [1.54, 1.807) is 24.0 Å². The third kappa shape index (κ3) is 5.94. The molecule has 0 aliphatic carbocycles. The number of hydrogen-bond acceptors (Lipinski definition) is 7. The number of alkyl halides is 3. The average molecular weight is 503 g/mol. The predicted octanol–water partition coefficient (Wildman–Crippen LogP) is 6.67. The number of nitrogens with zero attached hydrogens (tertiary/aromatic N) is 3. The van der Waals surface area contributed by atoms with Crippen LogP contribution in [-0.2, 0) is 12.6 Å². The lowest BCUT2D eigenvalue weighted by molar-refractivity contribution is -0.141. The molecule has 0 amide bonds. The molecule has 0 spiro atoms. The summed E-state index contributed by atoms with van der Waals surface area (Å²) in [7, 11) is 0. The standard InChI is InChI=1S/C24H21F3N4OS2/c1-14-9-16(11-17(10-14)30-23-28-8-7-21(31-23)24(25,26)27)20-13-29-22(34-20)12-19(32)15-3-5-18(33-2)6-4-15/h3-11,13,19,32H,12H2,1-2H3,(H,28,30,31). The number of benzene rings is 2. The van der Waals surface area contributed by atoms with Crippen LogP contribution in [0.1, 0.15) is 27.9 Å². The molecule has 0 bridgehead atoms. The summed E-state index contributed by atoms with van der Waals surface area (Å²) in [6, 6.07) is 14.2. The lowest BCUT2D eigenvalue weighted by Crippen LogP contribution is -2.10. The number of halogens is 3. The second kappa shape index (κ2) is 10.1. The minimum Gasteiger partial charge on any atom is -0.388 e. The first-order valence-electron chi connectivity index (χ1n) is 10.3. The van der Waals surface area contributed by atoms with Crippen LogP contribution < -0.4 is 5.32 Å². The van der Waals surface area contributed by atoms with E-state index in [2.05, 4.69) is 20.3 Å². The first kappa shape index (κ1) is 24.2. The summed E-state index contributed by atoms with van der Waals surface area (Å²) in [5.41, 5.74) is 2.16. The fourth-order valence-corrected chi connectivity index (χ4v) is 4.70. The lowest BCUT2D eigenvalue weighted by Gasteiger charge is -2.10. The van der Waals surface area contributed by atoms with E-state index in [1.165, 1.54) is 11.3 Å². The van der Waals surface area contributed by atoms with Crippen LogP contribution in [-0.4, -0.2) is 26.3 Å². The van der Waals surface area contributed by atoms with Gasteiger partial charge in [0.2, 0.25) is 5.95 Å². The first-order valence-corrected chi connectivity index (χ1v) is 12.3. The van der Waals surface area contributed by atoms with E-state index in [1.807, 2.05) is 49.6 Å². The molecule has 0 saturated carbocycles. The Hall–Kier alpha value is -2.95. The van der Waals surface area contributed by atoms with Crippen LogP contribution in [0.25, 0.3) is 10.4 Å². The molecule has 0 aliphatic heterocycles. The second-order valence-corrected chi connectivity index (χ2v) is 9.58. The van der Waals surface area contributed by atoms with Crippen molar-refractivity contribution in [2.45, 2.75) is 30.5 Å². The monoisotopic (exact) mass is 502 g/mol. The Morgan fingerprint density at radius 3 is 2.56 bits per heavy atom. The average Bonchev–Trinajstić information content (AvgIpc) is 3.27. The number of rotatable bonds is 7. The van der Waals surface area contributed by atoms with Crippen molar-refractivity contribution in [1.29, 1.82) is 0 Å². The quantitative estimate of drug-likeness (QED) is 0.275.